The van der Waals surface area contributed by atoms with E-state index in [0.29, 0.717) is 28.5 Å². The molecule has 2 aromatic rings. The van der Waals surface area contributed by atoms with Crippen LogP contribution in [0.5, 0.6) is 5.75 Å². The zero-order valence-electron chi connectivity index (χ0n) is 19.4. The Morgan fingerprint density at radius 3 is 2.38 bits per heavy atom. The van der Waals surface area contributed by atoms with Gasteiger partial charge in [0.25, 0.3) is 5.91 Å². The van der Waals surface area contributed by atoms with E-state index >= 15 is 0 Å². The fourth-order valence-corrected chi connectivity index (χ4v) is 5.46. The van der Waals surface area contributed by atoms with Gasteiger partial charge in [0.1, 0.15) is 5.75 Å². The summed E-state index contributed by atoms with van der Waals surface area (Å²) in [4.78, 5) is 27.8. The molecule has 0 spiro atoms. The number of ether oxygens (including phenoxy) is 1. The standard InChI is InChI=1S/C25H30Cl2N4O3/c1-28-22-12-23(34-2)20(11-21(22)27)25(33)29-13-24(32)30-17-9-18-7-8-19(10-17)31(18)14-15-3-5-16(26)6-4-15/h3-6,11-12,17-19,28H,7-10,13-14H2,1-2H3,(H,29,33)(H,30,32)/t18-,19-/m1/s1. The molecule has 2 aliphatic heterocycles. The van der Waals surface area contributed by atoms with Crippen LogP contribution in [0.4, 0.5) is 5.69 Å². The molecule has 2 amide bonds. The molecule has 7 nitrogen and oxygen atoms in total. The van der Waals surface area contributed by atoms with Crippen molar-refractivity contribution >= 4 is 40.7 Å². The molecule has 2 heterocycles. The zero-order chi connectivity index (χ0) is 24.2. The summed E-state index contributed by atoms with van der Waals surface area (Å²) in [6.45, 7) is 0.799. The van der Waals surface area contributed by atoms with Crippen molar-refractivity contribution in [3.05, 3.63) is 57.6 Å². The molecule has 9 heteroatoms. The lowest BCUT2D eigenvalue weighted by Gasteiger charge is -2.39. The van der Waals surface area contributed by atoms with Gasteiger partial charge in [0, 0.05) is 42.8 Å². The molecular formula is C25H30Cl2N4O3. The largest absolute Gasteiger partial charge is 0.496 e. The van der Waals surface area contributed by atoms with Crippen molar-refractivity contribution in [3.8, 4) is 5.75 Å². The second kappa shape index (κ2) is 10.8. The molecule has 0 aliphatic carbocycles. The lowest BCUT2D eigenvalue weighted by molar-refractivity contribution is -0.121. The summed E-state index contributed by atoms with van der Waals surface area (Å²) < 4.78 is 5.31. The molecule has 2 saturated heterocycles. The number of anilines is 1. The van der Waals surface area contributed by atoms with E-state index in [2.05, 4.69) is 33.0 Å². The van der Waals surface area contributed by atoms with Crippen molar-refractivity contribution in [2.45, 2.75) is 50.4 Å². The summed E-state index contributed by atoms with van der Waals surface area (Å²) in [5, 5.41) is 9.89. The minimum absolute atomic E-state index is 0.103. The predicted octanol–water partition coefficient (Wildman–Crippen LogP) is 4.09. The van der Waals surface area contributed by atoms with Gasteiger partial charge in [-0.3, -0.25) is 14.5 Å². The summed E-state index contributed by atoms with van der Waals surface area (Å²) in [6.07, 6.45) is 4.12. The van der Waals surface area contributed by atoms with Crippen LogP contribution in [0.1, 0.15) is 41.6 Å². The highest BCUT2D eigenvalue weighted by Crippen LogP contribution is 2.37. The number of carbonyl (C=O) groups is 2. The van der Waals surface area contributed by atoms with E-state index in [0.717, 1.165) is 37.3 Å². The van der Waals surface area contributed by atoms with Crippen LogP contribution in [0, 0.1) is 0 Å². The third-order valence-corrected chi connectivity index (χ3v) is 7.31. The Kier molecular flexibility index (Phi) is 7.86. The third kappa shape index (κ3) is 5.59. The molecule has 2 bridgehead atoms. The SMILES string of the molecule is CNc1cc(OC)c(C(=O)NCC(=O)NC2C[C@H]3CC[C@H](C2)N3Cc2ccc(Cl)cc2)cc1Cl. The fraction of sp³-hybridized carbons (Fsp3) is 0.440. The van der Waals surface area contributed by atoms with Gasteiger partial charge in [0.05, 0.1) is 29.9 Å². The molecule has 0 unspecified atom stereocenters. The van der Waals surface area contributed by atoms with E-state index in [9.17, 15) is 9.59 Å². The molecule has 2 aromatic carbocycles. The Morgan fingerprint density at radius 1 is 1.09 bits per heavy atom. The molecule has 0 radical (unpaired) electrons. The highest BCUT2D eigenvalue weighted by Gasteiger charge is 2.40. The number of nitrogens with one attached hydrogen (secondary N) is 3. The maximum atomic E-state index is 12.7. The lowest BCUT2D eigenvalue weighted by Crippen LogP contribution is -2.51. The minimum atomic E-state index is -0.408. The molecule has 2 aliphatic rings. The van der Waals surface area contributed by atoms with Crippen LogP contribution in [0.2, 0.25) is 10.0 Å². The van der Waals surface area contributed by atoms with E-state index in [4.69, 9.17) is 27.9 Å². The number of benzene rings is 2. The van der Waals surface area contributed by atoms with Crippen molar-refractivity contribution in [1.82, 2.24) is 15.5 Å². The number of carbonyl (C=O) groups excluding carboxylic acids is 2. The number of halogens is 2. The first-order chi connectivity index (χ1) is 16.4. The molecule has 2 atom stereocenters. The Hall–Kier alpha value is -2.48. The Labute approximate surface area is 210 Å². The van der Waals surface area contributed by atoms with Crippen LogP contribution in [-0.2, 0) is 11.3 Å². The highest BCUT2D eigenvalue weighted by molar-refractivity contribution is 6.33. The predicted molar refractivity (Wildman–Crippen MR) is 135 cm³/mol. The van der Waals surface area contributed by atoms with Crippen molar-refractivity contribution in [2.75, 3.05) is 26.0 Å². The van der Waals surface area contributed by atoms with Crippen molar-refractivity contribution in [3.63, 3.8) is 0 Å². The number of amides is 2. The minimum Gasteiger partial charge on any atom is -0.496 e. The number of piperidine rings is 1. The first-order valence-electron chi connectivity index (χ1n) is 11.5. The van der Waals surface area contributed by atoms with Crippen LogP contribution in [-0.4, -0.2) is 55.5 Å². The number of fused-ring (bicyclic) bond motifs is 2. The molecule has 0 saturated carbocycles. The molecule has 182 valence electrons. The summed E-state index contributed by atoms with van der Waals surface area (Å²) in [5.74, 6) is -0.216. The molecule has 34 heavy (non-hydrogen) atoms. The van der Waals surface area contributed by atoms with Crippen LogP contribution < -0.4 is 20.7 Å². The third-order valence-electron chi connectivity index (χ3n) is 6.74. The first-order valence-corrected chi connectivity index (χ1v) is 12.3. The normalized spacial score (nSPS) is 21.7. The van der Waals surface area contributed by atoms with Crippen LogP contribution >= 0.6 is 23.2 Å². The van der Waals surface area contributed by atoms with E-state index in [1.165, 1.54) is 18.7 Å². The maximum Gasteiger partial charge on any atom is 0.255 e. The Bertz CT molecular complexity index is 1030. The molecular weight excluding hydrogens is 475 g/mol. The van der Waals surface area contributed by atoms with Crippen molar-refractivity contribution in [1.29, 1.82) is 0 Å². The van der Waals surface area contributed by atoms with Crippen LogP contribution in [0.3, 0.4) is 0 Å². The molecule has 3 N–H and O–H groups in total. The molecule has 0 aromatic heterocycles. The van der Waals surface area contributed by atoms with E-state index in [1.54, 1.807) is 13.1 Å². The van der Waals surface area contributed by atoms with E-state index < -0.39 is 5.91 Å². The van der Waals surface area contributed by atoms with E-state index in [1.807, 2.05) is 12.1 Å². The Balaban J connectivity index is 1.29. The van der Waals surface area contributed by atoms with Gasteiger partial charge in [0.15, 0.2) is 0 Å². The van der Waals surface area contributed by atoms with Crippen LogP contribution in [0.25, 0.3) is 0 Å². The quantitative estimate of drug-likeness (QED) is 0.504. The second-order valence-electron chi connectivity index (χ2n) is 8.88. The number of hydrogen-bond donors (Lipinski definition) is 3. The number of hydrogen-bond acceptors (Lipinski definition) is 5. The fourth-order valence-electron chi connectivity index (χ4n) is 5.08. The number of methoxy groups -OCH3 is 1. The first kappa shape index (κ1) is 24.6. The maximum absolute atomic E-state index is 12.7. The van der Waals surface area contributed by atoms with Gasteiger partial charge >= 0.3 is 0 Å². The van der Waals surface area contributed by atoms with Gasteiger partial charge in [-0.05, 0) is 49.4 Å². The molecule has 2 fully saturated rings. The number of rotatable bonds is 8. The average Bonchev–Trinajstić information content (AvgIpc) is 3.05. The van der Waals surface area contributed by atoms with Gasteiger partial charge < -0.3 is 20.7 Å². The summed E-state index contributed by atoms with van der Waals surface area (Å²) in [6, 6.07) is 12.2. The van der Waals surface area contributed by atoms with Gasteiger partial charge in [-0.25, -0.2) is 0 Å². The van der Waals surface area contributed by atoms with E-state index in [-0.39, 0.29) is 24.1 Å². The average molecular weight is 505 g/mol. The molecule has 4 rings (SSSR count). The number of nitrogens with zero attached hydrogens (tertiary/aromatic N) is 1. The van der Waals surface area contributed by atoms with Gasteiger partial charge in [-0.1, -0.05) is 35.3 Å². The van der Waals surface area contributed by atoms with Crippen molar-refractivity contribution < 1.29 is 14.3 Å². The Morgan fingerprint density at radius 2 is 1.76 bits per heavy atom. The smallest absolute Gasteiger partial charge is 0.255 e. The van der Waals surface area contributed by atoms with Gasteiger partial charge in [-0.2, -0.15) is 0 Å². The van der Waals surface area contributed by atoms with Gasteiger partial charge in [-0.15, -0.1) is 0 Å². The lowest BCUT2D eigenvalue weighted by atomic mass is 9.96. The summed E-state index contributed by atoms with van der Waals surface area (Å²) in [5.41, 5.74) is 2.20. The zero-order valence-corrected chi connectivity index (χ0v) is 20.9. The van der Waals surface area contributed by atoms with Crippen LogP contribution in [0.15, 0.2) is 36.4 Å². The summed E-state index contributed by atoms with van der Waals surface area (Å²) in [7, 11) is 3.22. The topological polar surface area (TPSA) is 82.7 Å². The van der Waals surface area contributed by atoms with Crippen molar-refractivity contribution in [2.24, 2.45) is 0 Å². The monoisotopic (exact) mass is 504 g/mol. The summed E-state index contributed by atoms with van der Waals surface area (Å²) >= 11 is 12.2. The highest BCUT2D eigenvalue weighted by atomic mass is 35.5. The second-order valence-corrected chi connectivity index (χ2v) is 9.73. The van der Waals surface area contributed by atoms with Gasteiger partial charge in [0.2, 0.25) is 5.91 Å².